The molecule has 0 amide bonds. The Bertz CT molecular complexity index is 284. The van der Waals surface area contributed by atoms with Gasteiger partial charge in [0.1, 0.15) is 5.25 Å². The van der Waals surface area contributed by atoms with Crippen LogP contribution >= 0.6 is 0 Å². The molecule has 0 aliphatic rings. The Morgan fingerprint density at radius 1 is 0.913 bits per heavy atom. The van der Waals surface area contributed by atoms with Crippen LogP contribution in [0.1, 0.15) is 71.6 Å². The summed E-state index contributed by atoms with van der Waals surface area (Å²) >= 11 is 3.62. The van der Waals surface area contributed by atoms with Crippen LogP contribution in [0, 0.1) is 0 Å². The van der Waals surface area contributed by atoms with Gasteiger partial charge in [-0.25, -0.2) is 0 Å². The number of aliphatic carboxylic acids is 2. The minimum atomic E-state index is -1.55. The summed E-state index contributed by atoms with van der Waals surface area (Å²) in [5.74, 6) is -3.09. The van der Waals surface area contributed by atoms with Gasteiger partial charge in [-0.15, -0.1) is 0 Å². The van der Waals surface area contributed by atoms with E-state index in [-0.39, 0.29) is 57.2 Å². The SMILES string of the molecule is CCCCCCCCCCC(C)[SH2+].O=C([O-])/C=C\C(=O)[O-].[Ca+2].[Zn+2]. The fourth-order valence-electron chi connectivity index (χ4n) is 1.72. The number of carboxylic acids is 2. The fourth-order valence-corrected chi connectivity index (χ4v) is 1.92. The van der Waals surface area contributed by atoms with E-state index < -0.39 is 11.9 Å². The topological polar surface area (TPSA) is 80.3 Å². The molecule has 23 heavy (non-hydrogen) atoms. The summed E-state index contributed by atoms with van der Waals surface area (Å²) in [5.41, 5.74) is 0. The zero-order valence-corrected chi connectivity index (χ0v) is 20.8. The van der Waals surface area contributed by atoms with Gasteiger partial charge < -0.3 is 19.8 Å². The van der Waals surface area contributed by atoms with Crippen molar-refractivity contribution < 1.29 is 39.3 Å². The van der Waals surface area contributed by atoms with E-state index >= 15 is 0 Å². The molecular weight excluding hydrogens is 394 g/mol. The molecule has 0 saturated heterocycles. The van der Waals surface area contributed by atoms with Gasteiger partial charge in [0.15, 0.2) is 0 Å². The van der Waals surface area contributed by atoms with Gasteiger partial charge in [0.05, 0.1) is 11.9 Å². The van der Waals surface area contributed by atoms with Gasteiger partial charge >= 0.3 is 57.2 Å². The van der Waals surface area contributed by atoms with Crippen molar-refractivity contribution in [2.75, 3.05) is 0 Å². The van der Waals surface area contributed by atoms with E-state index in [0.29, 0.717) is 17.4 Å². The zero-order valence-electron chi connectivity index (χ0n) is 14.6. The molecule has 0 bridgehead atoms. The van der Waals surface area contributed by atoms with Gasteiger partial charge in [0.2, 0.25) is 0 Å². The number of carbonyl (C=O) groups is 2. The molecule has 0 heterocycles. The van der Waals surface area contributed by atoms with E-state index in [0.717, 1.165) is 0 Å². The molecule has 7 heteroatoms. The quantitative estimate of drug-likeness (QED) is 0.211. The Hall–Kier alpha value is 0.913. The van der Waals surface area contributed by atoms with Crippen LogP contribution < -0.4 is 10.2 Å². The van der Waals surface area contributed by atoms with E-state index in [4.69, 9.17) is 0 Å². The summed E-state index contributed by atoms with van der Waals surface area (Å²) in [6.07, 6.45) is 13.5. The van der Waals surface area contributed by atoms with Gasteiger partial charge in [-0.3, -0.25) is 0 Å². The molecule has 0 aromatic carbocycles. The van der Waals surface area contributed by atoms with Crippen LogP contribution in [0.5, 0.6) is 0 Å². The molecule has 0 spiro atoms. The molecule has 1 atom stereocenters. The molecule has 0 aliphatic carbocycles. The molecule has 0 saturated carbocycles. The van der Waals surface area contributed by atoms with Gasteiger partial charge in [0, 0.05) is 0 Å². The second-order valence-corrected chi connectivity index (χ2v) is 6.12. The molecule has 0 aliphatic heterocycles. The minimum Gasteiger partial charge on any atom is -0.545 e. The second-order valence-electron chi connectivity index (χ2n) is 5.14. The first-order valence-electron chi connectivity index (χ1n) is 7.71. The van der Waals surface area contributed by atoms with Crippen molar-refractivity contribution >= 4 is 62.3 Å². The van der Waals surface area contributed by atoms with E-state index in [1.165, 1.54) is 57.8 Å². The minimum absolute atomic E-state index is 0. The summed E-state index contributed by atoms with van der Waals surface area (Å²) in [7, 11) is 0. The Kier molecular flexibility index (Phi) is 34.6. The second kappa shape index (κ2) is 25.2. The third-order valence-electron chi connectivity index (χ3n) is 2.85. The average Bonchev–Trinajstić information content (AvgIpc) is 2.40. The number of carbonyl (C=O) groups excluding carboxylic acids is 2. The van der Waals surface area contributed by atoms with Gasteiger partial charge in [-0.2, -0.15) is 0 Å². The maximum atomic E-state index is 9.41. The number of hydrogen-bond donors (Lipinski definition) is 0. The smallest absolute Gasteiger partial charge is 0.545 e. The summed E-state index contributed by atoms with van der Waals surface area (Å²) < 4.78 is 0. The van der Waals surface area contributed by atoms with Crippen molar-refractivity contribution in [2.24, 2.45) is 0 Å². The molecule has 4 nitrogen and oxygen atoms in total. The predicted octanol–water partition coefficient (Wildman–Crippen LogP) is 0.576. The maximum absolute atomic E-state index is 9.41. The van der Waals surface area contributed by atoms with Crippen LogP contribution in [0.3, 0.4) is 0 Å². The van der Waals surface area contributed by atoms with E-state index in [2.05, 4.69) is 26.5 Å². The Morgan fingerprint density at radius 3 is 1.57 bits per heavy atom. The van der Waals surface area contributed by atoms with Crippen LogP contribution in [0.2, 0.25) is 0 Å². The number of unbranched alkanes of at least 4 members (excludes halogenated alkanes) is 7. The number of hydrogen-bond acceptors (Lipinski definition) is 4. The van der Waals surface area contributed by atoms with Crippen molar-refractivity contribution in [3.05, 3.63) is 12.2 Å². The first kappa shape index (κ1) is 31.7. The Labute approximate surface area is 189 Å². The molecule has 0 rings (SSSR count). The van der Waals surface area contributed by atoms with Gasteiger partial charge in [-0.05, 0) is 44.5 Å². The van der Waals surface area contributed by atoms with Crippen molar-refractivity contribution in [1.29, 1.82) is 0 Å². The van der Waals surface area contributed by atoms with E-state index in [1.54, 1.807) is 0 Å². The third kappa shape index (κ3) is 39.6. The van der Waals surface area contributed by atoms with Crippen LogP contribution in [0.4, 0.5) is 0 Å². The molecule has 0 aromatic rings. The third-order valence-corrected chi connectivity index (χ3v) is 3.13. The molecule has 0 fully saturated rings. The molecule has 0 N–H and O–H groups in total. The molecule has 1 unspecified atom stereocenters. The average molecular weight is 423 g/mol. The largest absolute Gasteiger partial charge is 2.00 e. The maximum Gasteiger partial charge on any atom is 2.00 e. The Morgan fingerprint density at radius 2 is 1.26 bits per heavy atom. The van der Waals surface area contributed by atoms with Crippen LogP contribution in [0.25, 0.3) is 0 Å². The summed E-state index contributed by atoms with van der Waals surface area (Å²) in [4.78, 5) is 18.8. The van der Waals surface area contributed by atoms with Crippen molar-refractivity contribution in [3.8, 4) is 0 Å². The van der Waals surface area contributed by atoms with Gasteiger partial charge in [-0.1, -0.05) is 51.9 Å². The summed E-state index contributed by atoms with van der Waals surface area (Å²) in [5, 5.41) is 19.5. The van der Waals surface area contributed by atoms with Crippen molar-refractivity contribution in [2.45, 2.75) is 76.9 Å². The van der Waals surface area contributed by atoms with Crippen LogP contribution in [-0.2, 0) is 41.7 Å². The van der Waals surface area contributed by atoms with Crippen LogP contribution in [-0.4, -0.2) is 54.9 Å². The molecule has 124 valence electrons. The fraction of sp³-hybridized carbons (Fsp3) is 0.750. The van der Waals surface area contributed by atoms with Crippen molar-refractivity contribution in [3.63, 3.8) is 0 Å². The summed E-state index contributed by atoms with van der Waals surface area (Å²) in [6, 6.07) is 0. The monoisotopic (exact) mass is 421 g/mol. The Balaban J connectivity index is -0.000000158. The van der Waals surface area contributed by atoms with E-state index in [9.17, 15) is 19.8 Å². The van der Waals surface area contributed by atoms with Crippen LogP contribution in [0.15, 0.2) is 12.2 Å². The van der Waals surface area contributed by atoms with Gasteiger partial charge in [0.25, 0.3) is 0 Å². The first-order chi connectivity index (χ1) is 9.90. The number of rotatable bonds is 11. The zero-order chi connectivity index (χ0) is 16.5. The molecular formula is C16H29CaO4SZn+3. The van der Waals surface area contributed by atoms with Crippen molar-refractivity contribution in [1.82, 2.24) is 0 Å². The summed E-state index contributed by atoms with van der Waals surface area (Å²) in [6.45, 7) is 4.51. The normalized spacial score (nSPS) is 10.7. The standard InChI is InChI=1S/C12H26S.C4H4O4.Ca.Zn/c1-3-4-5-6-7-8-9-10-11-12(2)13;5-3(6)1-2-4(7)8;;/h12-13H,3-11H2,1-2H3;1-2H,(H,5,6)(H,7,8);;/q;;2*+2/p-1/b;2-1-;;. The number of carboxylic acid groups (broad SMARTS) is 2. The van der Waals surface area contributed by atoms with E-state index in [1.807, 2.05) is 0 Å². The molecule has 0 radical (unpaired) electrons. The predicted molar refractivity (Wildman–Crippen MR) is 91.8 cm³/mol. The molecule has 0 aromatic heterocycles. The first-order valence-corrected chi connectivity index (χ1v) is 8.29.